The molecule has 4 rings (SSSR count). The van der Waals surface area contributed by atoms with Gasteiger partial charge in [0.15, 0.2) is 0 Å². The van der Waals surface area contributed by atoms with E-state index in [2.05, 4.69) is 104 Å². The van der Waals surface area contributed by atoms with Crippen molar-refractivity contribution in [3.63, 3.8) is 0 Å². The average Bonchev–Trinajstić information content (AvgIpc) is 2.78. The Morgan fingerprint density at radius 1 is 0.621 bits per heavy atom. The van der Waals surface area contributed by atoms with Crippen molar-refractivity contribution >= 4 is 21.5 Å². The summed E-state index contributed by atoms with van der Waals surface area (Å²) in [5.74, 6) is 0.372. The van der Waals surface area contributed by atoms with Gasteiger partial charge in [0.25, 0.3) is 0 Å². The van der Waals surface area contributed by atoms with E-state index >= 15 is 0 Å². The van der Waals surface area contributed by atoms with Crippen molar-refractivity contribution in [2.75, 3.05) is 0 Å². The van der Waals surface area contributed by atoms with E-state index in [1.807, 2.05) is 12.2 Å². The van der Waals surface area contributed by atoms with Crippen LogP contribution < -0.4 is 0 Å². The number of allylic oxidation sites excluding steroid dienone is 5. The molecule has 0 aliphatic rings. The lowest BCUT2D eigenvalue weighted by Crippen LogP contribution is -2.01. The summed E-state index contributed by atoms with van der Waals surface area (Å²) in [5.41, 5.74) is 2.77. The van der Waals surface area contributed by atoms with E-state index in [-0.39, 0.29) is 0 Å². The molecule has 0 aliphatic carbocycles. The number of benzene rings is 4. The zero-order valence-corrected chi connectivity index (χ0v) is 16.7. The van der Waals surface area contributed by atoms with Crippen LogP contribution in [0.1, 0.15) is 29.9 Å². The molecule has 0 N–H and O–H groups in total. The highest BCUT2D eigenvalue weighted by Gasteiger charge is 2.14. The summed E-state index contributed by atoms with van der Waals surface area (Å²) in [6.45, 7) is 3.72. The monoisotopic (exact) mass is 374 g/mol. The fourth-order valence-corrected chi connectivity index (χ4v) is 3.96. The Bertz CT molecular complexity index is 1100. The van der Waals surface area contributed by atoms with Gasteiger partial charge in [0.05, 0.1) is 0 Å². The fraction of sp³-hybridized carbons (Fsp3) is 0.103. The van der Waals surface area contributed by atoms with Crippen LogP contribution in [0.25, 0.3) is 21.5 Å². The molecule has 0 saturated carbocycles. The maximum Gasteiger partial charge on any atom is 0.00927 e. The second kappa shape index (κ2) is 9.21. The second-order valence-corrected chi connectivity index (χ2v) is 7.39. The minimum atomic E-state index is 0.372. The topological polar surface area (TPSA) is 0 Å². The van der Waals surface area contributed by atoms with Crippen molar-refractivity contribution in [1.82, 2.24) is 0 Å². The van der Waals surface area contributed by atoms with Gasteiger partial charge in [0.1, 0.15) is 0 Å². The Labute approximate surface area is 173 Å². The molecule has 29 heavy (non-hydrogen) atoms. The summed E-state index contributed by atoms with van der Waals surface area (Å²) < 4.78 is 0. The maximum absolute atomic E-state index is 3.72. The van der Waals surface area contributed by atoms with E-state index in [1.54, 1.807) is 6.08 Å². The molecular formula is C29H26. The highest BCUT2D eigenvalue weighted by molar-refractivity contribution is 5.84. The first-order valence-corrected chi connectivity index (χ1v) is 10.3. The Hall–Kier alpha value is -3.38. The van der Waals surface area contributed by atoms with Crippen LogP contribution in [0.4, 0.5) is 0 Å². The van der Waals surface area contributed by atoms with Gasteiger partial charge in [-0.3, -0.25) is 0 Å². The maximum atomic E-state index is 3.72. The largest absolute Gasteiger partial charge is 0.0991 e. The summed E-state index contributed by atoms with van der Waals surface area (Å²) in [5, 5.41) is 5.20. The van der Waals surface area contributed by atoms with E-state index in [1.165, 1.54) is 32.7 Å². The third kappa shape index (κ3) is 4.55. The first kappa shape index (κ1) is 19.0. The molecule has 0 nitrogen and oxygen atoms in total. The van der Waals surface area contributed by atoms with Gasteiger partial charge in [-0.05, 0) is 45.5 Å². The smallest absolute Gasteiger partial charge is 0.00927 e. The second-order valence-electron chi connectivity index (χ2n) is 7.39. The van der Waals surface area contributed by atoms with Crippen LogP contribution in [0, 0.1) is 0 Å². The van der Waals surface area contributed by atoms with Gasteiger partial charge in [-0.1, -0.05) is 122 Å². The van der Waals surface area contributed by atoms with Crippen molar-refractivity contribution in [2.24, 2.45) is 0 Å². The zero-order chi connectivity index (χ0) is 19.9. The summed E-state index contributed by atoms with van der Waals surface area (Å²) in [6.07, 6.45) is 12.3. The van der Waals surface area contributed by atoms with Crippen LogP contribution in [-0.2, 0) is 0 Å². The van der Waals surface area contributed by atoms with Crippen molar-refractivity contribution in [2.45, 2.75) is 18.8 Å². The standard InChI is InChI=1S/C29H26/c1-2-3-4-5-6-7-16-29(27-19-17-23-12-8-10-14-25(23)21-27)28-20-18-24-13-9-11-15-26(24)22-28/h2-6,8-15,17-22,29H,1,7,16H2/b4-3-,6-5-. The molecular weight excluding hydrogens is 348 g/mol. The molecule has 0 amide bonds. The molecule has 0 atom stereocenters. The molecule has 4 aromatic carbocycles. The first-order chi connectivity index (χ1) is 14.3. The third-order valence-corrected chi connectivity index (χ3v) is 5.47. The van der Waals surface area contributed by atoms with Crippen molar-refractivity contribution < 1.29 is 0 Å². The Morgan fingerprint density at radius 3 is 1.72 bits per heavy atom. The number of fused-ring (bicyclic) bond motifs is 2. The minimum absolute atomic E-state index is 0.372. The predicted molar refractivity (Wildman–Crippen MR) is 127 cm³/mol. The van der Waals surface area contributed by atoms with Gasteiger partial charge in [0.2, 0.25) is 0 Å². The van der Waals surface area contributed by atoms with Gasteiger partial charge in [-0.2, -0.15) is 0 Å². The zero-order valence-electron chi connectivity index (χ0n) is 16.7. The molecule has 0 heterocycles. The molecule has 142 valence electrons. The number of hydrogen-bond donors (Lipinski definition) is 0. The summed E-state index contributed by atoms with van der Waals surface area (Å²) in [6, 6.07) is 31.0. The van der Waals surface area contributed by atoms with Crippen LogP contribution in [0.5, 0.6) is 0 Å². The highest BCUT2D eigenvalue weighted by atomic mass is 14.2. The van der Waals surface area contributed by atoms with Crippen LogP contribution in [0.15, 0.2) is 122 Å². The lowest BCUT2D eigenvalue weighted by atomic mass is 9.85. The van der Waals surface area contributed by atoms with E-state index in [0.717, 1.165) is 12.8 Å². The lowest BCUT2D eigenvalue weighted by molar-refractivity contribution is 0.730. The van der Waals surface area contributed by atoms with Gasteiger partial charge in [-0.15, -0.1) is 0 Å². The van der Waals surface area contributed by atoms with Gasteiger partial charge in [-0.25, -0.2) is 0 Å². The third-order valence-electron chi connectivity index (χ3n) is 5.47. The molecule has 4 aromatic rings. The molecule has 0 spiro atoms. The van der Waals surface area contributed by atoms with Crippen molar-refractivity contribution in [3.8, 4) is 0 Å². The van der Waals surface area contributed by atoms with Crippen molar-refractivity contribution in [1.29, 1.82) is 0 Å². The normalized spacial score (nSPS) is 11.9. The summed E-state index contributed by atoms with van der Waals surface area (Å²) in [7, 11) is 0. The molecule has 0 unspecified atom stereocenters. The Kier molecular flexibility index (Phi) is 6.02. The fourth-order valence-electron chi connectivity index (χ4n) is 3.96. The van der Waals surface area contributed by atoms with Gasteiger partial charge in [0, 0.05) is 5.92 Å². The number of hydrogen-bond acceptors (Lipinski definition) is 0. The Morgan fingerprint density at radius 2 is 1.17 bits per heavy atom. The molecule has 0 fully saturated rings. The number of rotatable bonds is 7. The van der Waals surface area contributed by atoms with Gasteiger partial charge >= 0.3 is 0 Å². The summed E-state index contributed by atoms with van der Waals surface area (Å²) in [4.78, 5) is 0. The predicted octanol–water partition coefficient (Wildman–Crippen LogP) is 8.20. The minimum Gasteiger partial charge on any atom is -0.0991 e. The molecule has 0 heteroatoms. The summed E-state index contributed by atoms with van der Waals surface area (Å²) >= 11 is 0. The first-order valence-electron chi connectivity index (χ1n) is 10.3. The van der Waals surface area contributed by atoms with E-state index in [4.69, 9.17) is 0 Å². The molecule has 0 saturated heterocycles. The highest BCUT2D eigenvalue weighted by Crippen LogP contribution is 2.33. The lowest BCUT2D eigenvalue weighted by Gasteiger charge is -2.19. The molecule has 0 radical (unpaired) electrons. The van der Waals surface area contributed by atoms with Gasteiger partial charge < -0.3 is 0 Å². The Balaban J connectivity index is 1.69. The van der Waals surface area contributed by atoms with Crippen LogP contribution in [0.2, 0.25) is 0 Å². The van der Waals surface area contributed by atoms with E-state index in [9.17, 15) is 0 Å². The van der Waals surface area contributed by atoms with Crippen LogP contribution in [0.3, 0.4) is 0 Å². The van der Waals surface area contributed by atoms with Crippen LogP contribution >= 0.6 is 0 Å². The quantitative estimate of drug-likeness (QED) is 0.286. The van der Waals surface area contributed by atoms with Crippen molar-refractivity contribution in [3.05, 3.63) is 133 Å². The SMILES string of the molecule is C=C/C=C\C=C/CCC(c1ccc2ccccc2c1)c1ccc2ccccc2c1. The molecule has 0 aliphatic heterocycles. The van der Waals surface area contributed by atoms with Crippen LogP contribution in [-0.4, -0.2) is 0 Å². The van der Waals surface area contributed by atoms with E-state index < -0.39 is 0 Å². The molecule has 0 aromatic heterocycles. The average molecular weight is 375 g/mol. The van der Waals surface area contributed by atoms with E-state index in [0.29, 0.717) is 5.92 Å². The molecule has 0 bridgehead atoms.